The van der Waals surface area contributed by atoms with E-state index in [1.54, 1.807) is 0 Å². The van der Waals surface area contributed by atoms with Gasteiger partial charge in [-0.2, -0.15) is 0 Å². The Hall–Kier alpha value is -2.60. The largest absolute Gasteiger partial charge is 0.493 e. The van der Waals surface area contributed by atoms with Gasteiger partial charge in [0.1, 0.15) is 11.6 Å². The monoisotopic (exact) mass is 438 g/mol. The number of urea groups is 1. The highest BCUT2D eigenvalue weighted by atomic mass is 19.1. The molecule has 0 radical (unpaired) electrons. The molecule has 1 saturated heterocycles. The molecule has 31 heavy (non-hydrogen) atoms. The van der Waals surface area contributed by atoms with Gasteiger partial charge < -0.3 is 19.9 Å². The van der Waals surface area contributed by atoms with Crippen LogP contribution in [-0.4, -0.2) is 48.5 Å². The first-order valence-corrected chi connectivity index (χ1v) is 10.1. The molecule has 2 amide bonds. The van der Waals surface area contributed by atoms with Crippen molar-refractivity contribution in [2.75, 3.05) is 26.7 Å². The van der Waals surface area contributed by atoms with Gasteiger partial charge in [-0.15, -0.1) is 0 Å². The number of nitrogens with one attached hydrogen (secondary N) is 1. The highest BCUT2D eigenvalue weighted by Crippen LogP contribution is 2.19. The van der Waals surface area contributed by atoms with Crippen LogP contribution in [0, 0.1) is 11.7 Å². The number of hydrogen-bond acceptors (Lipinski definition) is 3. The number of carbonyl (C=O) groups is 1. The van der Waals surface area contributed by atoms with Crippen LogP contribution in [0.25, 0.3) is 0 Å². The molecular weight excluding hydrogens is 393 g/mol. The molecular formula is C25H34FN3O2. The van der Waals surface area contributed by atoms with Crippen molar-refractivity contribution in [3.05, 3.63) is 65.4 Å². The van der Waals surface area contributed by atoms with E-state index in [0.717, 1.165) is 0 Å². The van der Waals surface area contributed by atoms with Gasteiger partial charge in [0.05, 0.1) is 17.6 Å². The molecule has 0 bridgehead atoms. The van der Waals surface area contributed by atoms with Gasteiger partial charge in [-0.3, -0.25) is 0 Å². The van der Waals surface area contributed by atoms with Gasteiger partial charge in [0.2, 0.25) is 0 Å². The molecule has 6 heteroatoms. The molecule has 1 aliphatic rings. The van der Waals surface area contributed by atoms with E-state index in [4.69, 9.17) is 19.8 Å². The Morgan fingerprint density at radius 3 is 2.55 bits per heavy atom. The number of piperidine rings is 1. The molecule has 0 spiro atoms. The summed E-state index contributed by atoms with van der Waals surface area (Å²) in [5, 5.41) is 2.16. The van der Waals surface area contributed by atoms with Crippen LogP contribution in [0.15, 0.2) is 48.4 Å². The molecule has 0 aromatic heterocycles. The van der Waals surface area contributed by atoms with Crippen LogP contribution in [-0.2, 0) is 13.0 Å². The first-order chi connectivity index (χ1) is 19.3. The van der Waals surface area contributed by atoms with E-state index in [9.17, 15) is 9.18 Å². The number of likely N-dealkylation sites (tertiary alicyclic amines) is 1. The molecule has 1 fully saturated rings. The minimum absolute atomic E-state index is 0.0107. The zero-order valence-electron chi connectivity index (χ0n) is 28.6. The predicted molar refractivity (Wildman–Crippen MR) is 121 cm³/mol. The summed E-state index contributed by atoms with van der Waals surface area (Å²) in [7, 11) is 0. The van der Waals surface area contributed by atoms with Crippen LogP contribution in [0.1, 0.15) is 52.9 Å². The molecule has 2 aromatic carbocycles. The summed E-state index contributed by atoms with van der Waals surface area (Å²) in [6.45, 7) is -3.82. The highest BCUT2D eigenvalue weighted by Gasteiger charge is 2.27. The highest BCUT2D eigenvalue weighted by molar-refractivity contribution is 5.74. The fraction of sp³-hybridized carbons (Fsp3) is 0.480. The summed E-state index contributed by atoms with van der Waals surface area (Å²) in [6.07, 6.45) is -0.112. The second-order valence-electron chi connectivity index (χ2n) is 7.67. The second-order valence-corrected chi connectivity index (χ2v) is 7.67. The minimum Gasteiger partial charge on any atom is -0.493 e. The van der Waals surface area contributed by atoms with Gasteiger partial charge in [0, 0.05) is 23.1 Å². The number of ether oxygens (including phenoxy) is 1. The van der Waals surface area contributed by atoms with E-state index >= 15 is 0 Å². The molecule has 5 nitrogen and oxygen atoms in total. The van der Waals surface area contributed by atoms with Gasteiger partial charge in [-0.25, -0.2) is 9.18 Å². The molecule has 0 atom stereocenters. The van der Waals surface area contributed by atoms with Gasteiger partial charge in [0.15, 0.2) is 0 Å². The fourth-order valence-electron chi connectivity index (χ4n) is 2.99. The van der Waals surface area contributed by atoms with Crippen LogP contribution >= 0.6 is 0 Å². The summed E-state index contributed by atoms with van der Waals surface area (Å²) in [6, 6.07) is -0.791. The molecule has 1 aliphatic heterocycles. The van der Waals surface area contributed by atoms with Crippen LogP contribution in [0.3, 0.4) is 0 Å². The van der Waals surface area contributed by atoms with E-state index in [2.05, 4.69) is 5.32 Å². The summed E-state index contributed by atoms with van der Waals surface area (Å²) in [4.78, 5) is 15.5. The van der Waals surface area contributed by atoms with Crippen molar-refractivity contribution >= 4 is 6.03 Å². The van der Waals surface area contributed by atoms with E-state index in [1.165, 1.54) is 29.2 Å². The van der Waals surface area contributed by atoms with Crippen molar-refractivity contribution in [2.24, 2.45) is 5.92 Å². The summed E-state index contributed by atoms with van der Waals surface area (Å²) >= 11 is 0. The molecule has 0 aliphatic carbocycles. The first-order valence-electron chi connectivity index (χ1n) is 15.6. The lowest BCUT2D eigenvalue weighted by atomic mass is 10.0. The maximum Gasteiger partial charge on any atom is 0.318 e. The van der Waals surface area contributed by atoms with E-state index in [-0.39, 0.29) is 37.4 Å². The van der Waals surface area contributed by atoms with Crippen LogP contribution in [0.5, 0.6) is 5.75 Å². The van der Waals surface area contributed by atoms with Gasteiger partial charge >= 0.3 is 6.03 Å². The van der Waals surface area contributed by atoms with Gasteiger partial charge in [-0.1, -0.05) is 38.1 Å². The number of hydrogen-bond donors (Lipinski definition) is 1. The molecule has 0 unspecified atom stereocenters. The SMILES string of the molecule is [2H]c1c([2H])c(C([2H])([2H])N(C(=O)NC([2H])([2H])c2ccc(OCC(C)C)cc2)C2CCN(C([2H])([2H])[2H])CC2)c([2H])c([2H])c1F. The smallest absolute Gasteiger partial charge is 0.318 e. The number of halogens is 1. The second kappa shape index (κ2) is 11.1. The van der Waals surface area contributed by atoms with E-state index in [1.807, 2.05) is 13.8 Å². The van der Waals surface area contributed by atoms with Crippen molar-refractivity contribution < 1.29 is 29.0 Å². The summed E-state index contributed by atoms with van der Waals surface area (Å²) < 4.78 is 110. The molecule has 3 rings (SSSR count). The maximum atomic E-state index is 14.3. The lowest BCUT2D eigenvalue weighted by molar-refractivity contribution is 0.127. The molecule has 1 heterocycles. The number of carbonyl (C=O) groups excluding carboxylic acids is 1. The molecule has 168 valence electrons. The third-order valence-electron chi connectivity index (χ3n) is 4.63. The first kappa shape index (κ1) is 12.4. The van der Waals surface area contributed by atoms with Crippen LogP contribution in [0.2, 0.25) is 0 Å². The fourth-order valence-corrected chi connectivity index (χ4v) is 2.99. The van der Waals surface area contributed by atoms with Crippen molar-refractivity contribution in [2.45, 2.75) is 45.7 Å². The topological polar surface area (TPSA) is 44.8 Å². The van der Waals surface area contributed by atoms with Crippen LogP contribution < -0.4 is 10.1 Å². The number of amides is 2. The number of rotatable bonds is 8. The Bertz CT molecular complexity index is 1250. The third kappa shape index (κ3) is 7.24. The quantitative estimate of drug-likeness (QED) is 0.652. The average molecular weight is 439 g/mol. The summed E-state index contributed by atoms with van der Waals surface area (Å²) in [5.74, 6) is -0.744. The standard InChI is InChI=1S/C25H34FN3O2/c1-19(2)18-31-24-10-6-20(7-11-24)16-27-25(30)29(23-12-14-28(3)15-13-23)17-21-4-8-22(26)9-5-21/h4-11,19,23H,12-18H2,1-3H3,(H,27,30)/i3D3,4D,5D,8D,9D,16D2,17D2. The Balaban J connectivity index is 2.01. The molecule has 1 N–H and O–H groups in total. The zero-order valence-corrected chi connectivity index (χ0v) is 17.6. The maximum absolute atomic E-state index is 14.3. The normalized spacial score (nSPS) is 21.6. The Kier molecular flexibility index (Phi) is 4.47. The van der Waals surface area contributed by atoms with Crippen molar-refractivity contribution in [1.82, 2.24) is 15.1 Å². The molecule has 2 aromatic rings. The Labute approximate surface area is 200 Å². The van der Waals surface area contributed by atoms with Crippen molar-refractivity contribution in [1.29, 1.82) is 0 Å². The average Bonchev–Trinajstić information content (AvgIpc) is 2.89. The van der Waals surface area contributed by atoms with Gasteiger partial charge in [0.25, 0.3) is 0 Å². The van der Waals surface area contributed by atoms with Crippen molar-refractivity contribution in [3.8, 4) is 5.75 Å². The predicted octanol–water partition coefficient (Wildman–Crippen LogP) is 4.67. The van der Waals surface area contributed by atoms with Gasteiger partial charge in [-0.05, 0) is 74.2 Å². The third-order valence-corrected chi connectivity index (χ3v) is 4.63. The van der Waals surface area contributed by atoms with E-state index in [0.29, 0.717) is 17.3 Å². The Morgan fingerprint density at radius 2 is 1.94 bits per heavy atom. The number of nitrogens with zero attached hydrogens (tertiary/aromatic N) is 2. The molecule has 0 saturated carbocycles. The lowest BCUT2D eigenvalue weighted by Gasteiger charge is -2.37. The Morgan fingerprint density at radius 1 is 1.26 bits per heavy atom. The number of benzene rings is 2. The van der Waals surface area contributed by atoms with Crippen LogP contribution in [0.4, 0.5) is 9.18 Å². The summed E-state index contributed by atoms with van der Waals surface area (Å²) in [5.41, 5.74) is -0.893. The lowest BCUT2D eigenvalue weighted by Crippen LogP contribution is -2.49. The van der Waals surface area contributed by atoms with Crippen molar-refractivity contribution in [3.63, 3.8) is 0 Å². The minimum atomic E-state index is -3.09. The van der Waals surface area contributed by atoms with E-state index < -0.39 is 67.6 Å². The zero-order chi connectivity index (χ0) is 31.8.